The third-order valence-electron chi connectivity index (χ3n) is 4.13. The van der Waals surface area contributed by atoms with E-state index < -0.39 is 11.4 Å². The van der Waals surface area contributed by atoms with Crippen molar-refractivity contribution in [3.05, 3.63) is 23.9 Å². The lowest BCUT2D eigenvalue weighted by Crippen LogP contribution is -2.44. The third-order valence-corrected chi connectivity index (χ3v) is 4.13. The molecule has 5 nitrogen and oxygen atoms in total. The first-order valence-electron chi connectivity index (χ1n) is 6.80. The highest BCUT2D eigenvalue weighted by molar-refractivity contribution is 5.32. The SMILES string of the molecule is Nc1cc(CC2(O)CCC3(CC2)OCCO3)ccn1. The van der Waals surface area contributed by atoms with Crippen molar-refractivity contribution < 1.29 is 14.6 Å². The van der Waals surface area contributed by atoms with Crippen LogP contribution >= 0.6 is 0 Å². The molecule has 0 atom stereocenters. The summed E-state index contributed by atoms with van der Waals surface area (Å²) in [5, 5.41) is 10.7. The lowest BCUT2D eigenvalue weighted by atomic mass is 9.78. The zero-order chi connectivity index (χ0) is 13.3. The molecular formula is C14H20N2O3. The predicted octanol–water partition coefficient (Wildman–Crippen LogP) is 1.25. The minimum Gasteiger partial charge on any atom is -0.390 e. The number of hydrogen-bond acceptors (Lipinski definition) is 5. The van der Waals surface area contributed by atoms with Crippen molar-refractivity contribution in [3.63, 3.8) is 0 Å². The molecule has 0 unspecified atom stereocenters. The first kappa shape index (κ1) is 12.8. The molecule has 2 aliphatic rings. The van der Waals surface area contributed by atoms with Crippen molar-refractivity contribution in [3.8, 4) is 0 Å². The van der Waals surface area contributed by atoms with Gasteiger partial charge < -0.3 is 20.3 Å². The van der Waals surface area contributed by atoms with Gasteiger partial charge in [-0.2, -0.15) is 0 Å². The Morgan fingerprint density at radius 1 is 1.21 bits per heavy atom. The summed E-state index contributed by atoms with van der Waals surface area (Å²) >= 11 is 0. The van der Waals surface area contributed by atoms with Crippen LogP contribution in [0, 0.1) is 0 Å². The fraction of sp³-hybridized carbons (Fsp3) is 0.643. The number of aromatic nitrogens is 1. The molecule has 1 saturated carbocycles. The average molecular weight is 264 g/mol. The van der Waals surface area contributed by atoms with Crippen LogP contribution in [0.25, 0.3) is 0 Å². The molecule has 0 aromatic carbocycles. The second-order valence-corrected chi connectivity index (χ2v) is 5.60. The molecule has 2 heterocycles. The highest BCUT2D eigenvalue weighted by Crippen LogP contribution is 2.41. The van der Waals surface area contributed by atoms with Crippen LogP contribution in [0.1, 0.15) is 31.2 Å². The maximum atomic E-state index is 10.7. The predicted molar refractivity (Wildman–Crippen MR) is 70.4 cm³/mol. The van der Waals surface area contributed by atoms with E-state index in [2.05, 4.69) is 4.98 Å². The molecule has 1 aromatic rings. The van der Waals surface area contributed by atoms with Crippen molar-refractivity contribution in [2.45, 2.75) is 43.5 Å². The van der Waals surface area contributed by atoms with Crippen molar-refractivity contribution in [2.75, 3.05) is 18.9 Å². The van der Waals surface area contributed by atoms with E-state index in [1.54, 1.807) is 6.20 Å². The van der Waals surface area contributed by atoms with E-state index in [9.17, 15) is 5.11 Å². The quantitative estimate of drug-likeness (QED) is 0.840. The summed E-state index contributed by atoms with van der Waals surface area (Å²) in [5.41, 5.74) is 6.01. The summed E-state index contributed by atoms with van der Waals surface area (Å²) in [6.07, 6.45) is 5.18. The molecule has 19 heavy (non-hydrogen) atoms. The normalized spacial score (nSPS) is 24.7. The van der Waals surface area contributed by atoms with Crippen molar-refractivity contribution in [1.29, 1.82) is 0 Å². The number of rotatable bonds is 2. The maximum absolute atomic E-state index is 10.7. The molecule has 1 saturated heterocycles. The van der Waals surface area contributed by atoms with Crippen LogP contribution < -0.4 is 5.73 Å². The molecule has 3 rings (SSSR count). The highest BCUT2D eigenvalue weighted by atomic mass is 16.7. The summed E-state index contributed by atoms with van der Waals surface area (Å²) in [4.78, 5) is 3.97. The van der Waals surface area contributed by atoms with E-state index in [1.165, 1.54) is 0 Å². The fourth-order valence-corrected chi connectivity index (χ4v) is 3.04. The van der Waals surface area contributed by atoms with Crippen molar-refractivity contribution in [2.24, 2.45) is 0 Å². The van der Waals surface area contributed by atoms with Crippen LogP contribution in [0.5, 0.6) is 0 Å². The van der Waals surface area contributed by atoms with Gasteiger partial charge >= 0.3 is 0 Å². The van der Waals surface area contributed by atoms with E-state index in [-0.39, 0.29) is 0 Å². The molecule has 5 heteroatoms. The monoisotopic (exact) mass is 264 g/mol. The summed E-state index contributed by atoms with van der Waals surface area (Å²) in [5.74, 6) is 0.0691. The van der Waals surface area contributed by atoms with Crippen molar-refractivity contribution in [1.82, 2.24) is 4.98 Å². The summed E-state index contributed by atoms with van der Waals surface area (Å²) in [6, 6.07) is 3.73. The number of hydrogen-bond donors (Lipinski definition) is 2. The van der Waals surface area contributed by atoms with Gasteiger partial charge in [0, 0.05) is 25.5 Å². The third kappa shape index (κ3) is 2.73. The van der Waals surface area contributed by atoms with E-state index in [4.69, 9.17) is 15.2 Å². The van der Waals surface area contributed by atoms with Crippen LogP contribution in [-0.4, -0.2) is 34.7 Å². The lowest BCUT2D eigenvalue weighted by Gasteiger charge is -2.40. The number of anilines is 1. The van der Waals surface area contributed by atoms with Gasteiger partial charge in [-0.3, -0.25) is 0 Å². The Balaban J connectivity index is 1.65. The molecule has 0 radical (unpaired) electrons. The Morgan fingerprint density at radius 3 is 2.53 bits per heavy atom. The number of ether oxygens (including phenoxy) is 2. The first-order valence-corrected chi connectivity index (χ1v) is 6.80. The van der Waals surface area contributed by atoms with Gasteiger partial charge in [-0.25, -0.2) is 4.98 Å². The molecule has 1 spiro atoms. The van der Waals surface area contributed by atoms with Gasteiger partial charge in [0.2, 0.25) is 0 Å². The molecule has 104 valence electrons. The van der Waals surface area contributed by atoms with Crippen LogP contribution in [-0.2, 0) is 15.9 Å². The molecule has 0 amide bonds. The number of aliphatic hydroxyl groups is 1. The minimum atomic E-state index is -0.686. The van der Waals surface area contributed by atoms with Gasteiger partial charge in [0.25, 0.3) is 0 Å². The summed E-state index contributed by atoms with van der Waals surface area (Å²) in [7, 11) is 0. The van der Waals surface area contributed by atoms with Crippen LogP contribution in [0.4, 0.5) is 5.82 Å². The number of pyridine rings is 1. The van der Waals surface area contributed by atoms with E-state index in [0.717, 1.165) is 18.4 Å². The second kappa shape index (κ2) is 4.74. The number of nitrogen functional groups attached to an aromatic ring is 1. The van der Waals surface area contributed by atoms with Gasteiger partial charge in [-0.15, -0.1) is 0 Å². The van der Waals surface area contributed by atoms with Gasteiger partial charge in [0.05, 0.1) is 18.8 Å². The van der Waals surface area contributed by atoms with Crippen LogP contribution in [0.2, 0.25) is 0 Å². The van der Waals surface area contributed by atoms with Gasteiger partial charge in [-0.05, 0) is 30.5 Å². The van der Waals surface area contributed by atoms with Crippen molar-refractivity contribution >= 4 is 5.82 Å². The molecular weight excluding hydrogens is 244 g/mol. The smallest absolute Gasteiger partial charge is 0.168 e. The Kier molecular flexibility index (Phi) is 3.20. The van der Waals surface area contributed by atoms with Gasteiger partial charge in [0.15, 0.2) is 5.79 Å². The fourth-order valence-electron chi connectivity index (χ4n) is 3.04. The van der Waals surface area contributed by atoms with E-state index in [0.29, 0.717) is 38.3 Å². The second-order valence-electron chi connectivity index (χ2n) is 5.60. The van der Waals surface area contributed by atoms with Crippen LogP contribution in [0.15, 0.2) is 18.3 Å². The largest absolute Gasteiger partial charge is 0.390 e. The molecule has 3 N–H and O–H groups in total. The average Bonchev–Trinajstić information content (AvgIpc) is 2.83. The standard InChI is InChI=1S/C14H20N2O3/c15-12-9-11(1-6-16-12)10-13(17)2-4-14(5-3-13)18-7-8-19-14/h1,6,9,17H,2-5,7-8,10H2,(H2,15,16). The zero-order valence-corrected chi connectivity index (χ0v) is 11.0. The molecule has 2 fully saturated rings. The summed E-state index contributed by atoms with van der Waals surface area (Å²) < 4.78 is 11.4. The highest BCUT2D eigenvalue weighted by Gasteiger charge is 2.45. The Labute approximate surface area is 112 Å². The zero-order valence-electron chi connectivity index (χ0n) is 11.0. The molecule has 0 bridgehead atoms. The minimum absolute atomic E-state index is 0.427. The lowest BCUT2D eigenvalue weighted by molar-refractivity contribution is -0.202. The number of nitrogens with zero attached hydrogens (tertiary/aromatic N) is 1. The van der Waals surface area contributed by atoms with Gasteiger partial charge in [0.1, 0.15) is 5.82 Å². The Morgan fingerprint density at radius 2 is 1.89 bits per heavy atom. The summed E-state index contributed by atoms with van der Waals surface area (Å²) in [6.45, 7) is 1.33. The Hall–Kier alpha value is -1.17. The molecule has 1 aliphatic heterocycles. The Bertz CT molecular complexity index is 448. The molecule has 1 aromatic heterocycles. The first-order chi connectivity index (χ1) is 9.09. The number of nitrogens with two attached hydrogens (primary N) is 1. The van der Waals surface area contributed by atoms with E-state index in [1.807, 2.05) is 12.1 Å². The van der Waals surface area contributed by atoms with Gasteiger partial charge in [-0.1, -0.05) is 0 Å². The topological polar surface area (TPSA) is 77.6 Å². The molecule has 1 aliphatic carbocycles. The van der Waals surface area contributed by atoms with Crippen LogP contribution in [0.3, 0.4) is 0 Å². The van der Waals surface area contributed by atoms with E-state index >= 15 is 0 Å². The maximum Gasteiger partial charge on any atom is 0.168 e.